The molecule has 3 atom stereocenters. The van der Waals surface area contributed by atoms with E-state index < -0.39 is 17.6 Å². The van der Waals surface area contributed by atoms with E-state index in [9.17, 15) is 14.4 Å². The second-order valence-corrected chi connectivity index (χ2v) is 13.8. The molecule has 1 aliphatic carbocycles. The molecule has 46 heavy (non-hydrogen) atoms. The highest BCUT2D eigenvalue weighted by Crippen LogP contribution is 2.43. The zero-order valence-corrected chi connectivity index (χ0v) is 28.9. The van der Waals surface area contributed by atoms with Gasteiger partial charge in [-0.25, -0.2) is 4.79 Å². The first-order valence-corrected chi connectivity index (χ1v) is 16.5. The molecule has 0 radical (unpaired) electrons. The molecule has 2 fully saturated rings. The number of amides is 2. The number of aryl methyl sites for hydroxylation is 1. The number of carbonyl (C=O) groups is 2. The van der Waals surface area contributed by atoms with E-state index in [0.717, 1.165) is 59.4 Å². The zero-order valence-electron chi connectivity index (χ0n) is 28.9. The third-order valence-electron chi connectivity index (χ3n) is 9.20. The van der Waals surface area contributed by atoms with Crippen LogP contribution in [-0.2, 0) is 32.5 Å². The number of rotatable bonds is 13. The maximum atomic E-state index is 14.5. The normalized spacial score (nSPS) is 19.1. The molecule has 1 N–H and O–H groups in total. The van der Waals surface area contributed by atoms with Gasteiger partial charge in [0.25, 0.3) is 5.56 Å². The summed E-state index contributed by atoms with van der Waals surface area (Å²) in [6.45, 7) is 11.7. The lowest BCUT2D eigenvalue weighted by atomic mass is 9.78. The van der Waals surface area contributed by atoms with E-state index >= 15 is 0 Å². The molecule has 1 saturated heterocycles. The summed E-state index contributed by atoms with van der Waals surface area (Å²) in [5, 5.41) is 3.42. The summed E-state index contributed by atoms with van der Waals surface area (Å²) in [5.74, 6) is 0.149. The van der Waals surface area contributed by atoms with E-state index in [1.807, 2.05) is 40.7 Å². The van der Waals surface area contributed by atoms with Gasteiger partial charge >= 0.3 is 6.09 Å². The van der Waals surface area contributed by atoms with Crippen LogP contribution < -0.4 is 15.6 Å². The van der Waals surface area contributed by atoms with Crippen LogP contribution in [0.4, 0.5) is 4.79 Å². The van der Waals surface area contributed by atoms with Crippen LogP contribution in [0.3, 0.4) is 0 Å². The van der Waals surface area contributed by atoms with Crippen LogP contribution in [0.5, 0.6) is 5.75 Å². The Morgan fingerprint density at radius 1 is 1.00 bits per heavy atom. The van der Waals surface area contributed by atoms with Crippen molar-refractivity contribution < 1.29 is 28.5 Å². The molecule has 0 spiro atoms. The van der Waals surface area contributed by atoms with E-state index in [0.29, 0.717) is 38.7 Å². The van der Waals surface area contributed by atoms with E-state index in [1.165, 1.54) is 0 Å². The van der Waals surface area contributed by atoms with Crippen molar-refractivity contribution in [2.24, 2.45) is 18.9 Å². The number of aromatic nitrogens is 1. The van der Waals surface area contributed by atoms with Crippen LogP contribution in [0, 0.1) is 25.7 Å². The Morgan fingerprint density at radius 3 is 2.37 bits per heavy atom. The van der Waals surface area contributed by atoms with Gasteiger partial charge in [-0.1, -0.05) is 6.07 Å². The molecule has 1 saturated carbocycles. The number of likely N-dealkylation sites (tertiary alicyclic amines) is 1. The maximum absolute atomic E-state index is 14.5. The van der Waals surface area contributed by atoms with E-state index in [-0.39, 0.29) is 30.0 Å². The van der Waals surface area contributed by atoms with Gasteiger partial charge in [-0.3, -0.25) is 9.59 Å². The lowest BCUT2D eigenvalue weighted by Gasteiger charge is -2.39. The smallest absolute Gasteiger partial charge is 0.410 e. The fourth-order valence-corrected chi connectivity index (χ4v) is 6.35. The fraction of sp³-hybridized carbons (Fsp3) is 0.639. The summed E-state index contributed by atoms with van der Waals surface area (Å²) in [5.41, 5.74) is 4.12. The highest BCUT2D eigenvalue weighted by molar-refractivity contribution is 5.82. The molecule has 1 aliphatic heterocycles. The van der Waals surface area contributed by atoms with Gasteiger partial charge in [0, 0.05) is 52.7 Å². The van der Waals surface area contributed by atoms with Gasteiger partial charge < -0.3 is 33.7 Å². The summed E-state index contributed by atoms with van der Waals surface area (Å²) in [7, 11) is 5.11. The van der Waals surface area contributed by atoms with E-state index in [1.54, 1.807) is 36.8 Å². The number of nitrogens with zero attached hydrogens (tertiary/aromatic N) is 2. The molecule has 0 bridgehead atoms. The van der Waals surface area contributed by atoms with Gasteiger partial charge in [-0.15, -0.1) is 0 Å². The van der Waals surface area contributed by atoms with Gasteiger partial charge in [0.05, 0.1) is 18.6 Å². The predicted octanol–water partition coefficient (Wildman–Crippen LogP) is 5.21. The first kappa shape index (κ1) is 35.5. The van der Waals surface area contributed by atoms with Crippen molar-refractivity contribution in [3.63, 3.8) is 0 Å². The van der Waals surface area contributed by atoms with Crippen LogP contribution in [-0.4, -0.2) is 74.2 Å². The number of pyridine rings is 1. The quantitative estimate of drug-likeness (QED) is 0.300. The van der Waals surface area contributed by atoms with Gasteiger partial charge in [0.15, 0.2) is 0 Å². The van der Waals surface area contributed by atoms with Crippen molar-refractivity contribution in [1.82, 2.24) is 14.8 Å². The number of methoxy groups -OCH3 is 2. The summed E-state index contributed by atoms with van der Waals surface area (Å²) in [6.07, 6.45) is 3.85. The minimum Gasteiger partial charge on any atom is -0.491 e. The molecule has 10 heteroatoms. The molecule has 2 aliphatic rings. The largest absolute Gasteiger partial charge is 0.491 e. The van der Waals surface area contributed by atoms with Crippen molar-refractivity contribution in [2.45, 2.75) is 84.3 Å². The molecule has 254 valence electrons. The second-order valence-electron chi connectivity index (χ2n) is 13.8. The molecule has 1 aromatic heterocycles. The molecule has 3 unspecified atom stereocenters. The summed E-state index contributed by atoms with van der Waals surface area (Å²) < 4.78 is 23.9. The lowest BCUT2D eigenvalue weighted by molar-refractivity contribution is -0.128. The predicted molar refractivity (Wildman–Crippen MR) is 177 cm³/mol. The van der Waals surface area contributed by atoms with Crippen molar-refractivity contribution in [1.29, 1.82) is 0 Å². The Morgan fingerprint density at radius 2 is 1.72 bits per heavy atom. The van der Waals surface area contributed by atoms with Crippen LogP contribution in [0.15, 0.2) is 29.1 Å². The first-order chi connectivity index (χ1) is 21.8. The second kappa shape index (κ2) is 15.5. The summed E-state index contributed by atoms with van der Waals surface area (Å²) in [4.78, 5) is 42.2. The fourth-order valence-electron chi connectivity index (χ4n) is 6.35. The Labute approximate surface area is 273 Å². The number of nitrogens with one attached hydrogen (secondary N) is 1. The first-order valence-electron chi connectivity index (χ1n) is 16.5. The topological polar surface area (TPSA) is 108 Å². The number of hydrogen-bond donors (Lipinski definition) is 1. The van der Waals surface area contributed by atoms with Crippen LogP contribution in [0.25, 0.3) is 0 Å². The Kier molecular flexibility index (Phi) is 11.9. The molecule has 4 rings (SSSR count). The minimum absolute atomic E-state index is 0.103. The average Bonchev–Trinajstić information content (AvgIpc) is 3.85. The number of ether oxygens (including phenoxy) is 4. The lowest BCUT2D eigenvalue weighted by Crippen LogP contribution is -2.50. The number of benzene rings is 1. The monoisotopic (exact) mass is 639 g/mol. The van der Waals surface area contributed by atoms with Crippen molar-refractivity contribution in [2.75, 3.05) is 47.1 Å². The summed E-state index contributed by atoms with van der Waals surface area (Å²) in [6, 6.07) is 7.71. The summed E-state index contributed by atoms with van der Waals surface area (Å²) >= 11 is 0. The third kappa shape index (κ3) is 9.12. The van der Waals surface area contributed by atoms with E-state index in [4.69, 9.17) is 18.9 Å². The number of piperidine rings is 1. The van der Waals surface area contributed by atoms with Gasteiger partial charge in [-0.2, -0.15) is 0 Å². The van der Waals surface area contributed by atoms with Gasteiger partial charge in [-0.05, 0) is 113 Å². The SMILES string of the molecule is COCCCc1cc(OCCOC)cc(C(NC(=O)C2CN(C(=O)OC(C)(C)C)CCC2c2cc(=O)n(C)c(C)c2C)C2CC2)c1. The van der Waals surface area contributed by atoms with Gasteiger partial charge in [0.1, 0.15) is 18.0 Å². The minimum atomic E-state index is -0.653. The van der Waals surface area contributed by atoms with Gasteiger partial charge in [0.2, 0.25) is 5.91 Å². The standard InChI is InChI=1S/C36H53N3O7/c1-23-24(2)38(6)32(40)21-30(23)29-13-14-39(35(42)46-36(3,4)5)22-31(29)34(41)37-33(26-11-12-26)27-18-25(10-9-15-43-7)19-28(20-27)45-17-16-44-8/h18-21,26,29,31,33H,9-17,22H2,1-8H3,(H,37,41). The Balaban J connectivity index is 1.67. The van der Waals surface area contributed by atoms with Crippen LogP contribution in [0.2, 0.25) is 0 Å². The number of carbonyl (C=O) groups excluding carboxylic acids is 2. The van der Waals surface area contributed by atoms with Crippen molar-refractivity contribution in [3.8, 4) is 5.75 Å². The molecule has 10 nitrogen and oxygen atoms in total. The molecule has 2 amide bonds. The zero-order chi connectivity index (χ0) is 33.6. The molecule has 2 heterocycles. The van der Waals surface area contributed by atoms with Crippen LogP contribution in [0.1, 0.15) is 86.4 Å². The van der Waals surface area contributed by atoms with Crippen LogP contribution >= 0.6 is 0 Å². The third-order valence-corrected chi connectivity index (χ3v) is 9.20. The number of hydrogen-bond acceptors (Lipinski definition) is 7. The highest BCUT2D eigenvalue weighted by atomic mass is 16.6. The molecule has 1 aromatic carbocycles. The maximum Gasteiger partial charge on any atom is 0.410 e. The molecular formula is C36H53N3O7. The molecule has 2 aromatic rings. The van der Waals surface area contributed by atoms with Crippen molar-refractivity contribution in [3.05, 3.63) is 62.6 Å². The Bertz CT molecular complexity index is 1400. The van der Waals surface area contributed by atoms with E-state index in [2.05, 4.69) is 17.4 Å². The average molecular weight is 640 g/mol. The molecular weight excluding hydrogens is 586 g/mol. The Hall–Kier alpha value is -3.37. The van der Waals surface area contributed by atoms with Crippen molar-refractivity contribution >= 4 is 12.0 Å². The highest BCUT2D eigenvalue weighted by Gasteiger charge is 2.42.